The Morgan fingerprint density at radius 3 is 2.57 bits per heavy atom. The second-order valence-corrected chi connectivity index (χ2v) is 11.5. The van der Waals surface area contributed by atoms with Gasteiger partial charge in [0.2, 0.25) is 5.91 Å². The lowest BCUT2D eigenvalue weighted by molar-refractivity contribution is -0.122. The van der Waals surface area contributed by atoms with Crippen molar-refractivity contribution in [3.05, 3.63) is 113 Å². The lowest BCUT2D eigenvalue weighted by Crippen LogP contribution is -2.45. The van der Waals surface area contributed by atoms with Crippen LogP contribution in [0.5, 0.6) is 5.75 Å². The molecule has 7 nitrogen and oxygen atoms in total. The molecule has 5 aromatic rings. The third-order valence-electron chi connectivity index (χ3n) is 7.29. The highest BCUT2D eigenvalue weighted by molar-refractivity contribution is 7.21. The van der Waals surface area contributed by atoms with Crippen molar-refractivity contribution in [2.75, 3.05) is 12.0 Å². The second-order valence-electron chi connectivity index (χ2n) is 10.1. The normalized spacial score (nSPS) is 14.9. The van der Waals surface area contributed by atoms with Crippen molar-refractivity contribution in [2.24, 2.45) is 0 Å². The monoisotopic (exact) mass is 595 g/mol. The predicted molar refractivity (Wildman–Crippen MR) is 165 cm³/mol. The molecule has 0 radical (unpaired) electrons. The number of imide groups is 1. The van der Waals surface area contributed by atoms with E-state index < -0.39 is 17.9 Å². The summed E-state index contributed by atoms with van der Waals surface area (Å²) in [7, 11) is 1.52. The van der Waals surface area contributed by atoms with Gasteiger partial charge in [-0.2, -0.15) is 0 Å². The number of carbonyl (C=O) groups excluding carboxylic acids is 3. The molecule has 1 aliphatic rings. The fraction of sp³-hybridized carbons (Fsp3) is 0.152. The number of hydrogen-bond acceptors (Lipinski definition) is 6. The van der Waals surface area contributed by atoms with Crippen LogP contribution < -0.4 is 9.64 Å². The molecule has 0 bridgehead atoms. The molecule has 1 atom stereocenters. The minimum Gasteiger partial charge on any atom is -0.497 e. The Kier molecular flexibility index (Phi) is 7.49. The molecule has 42 heavy (non-hydrogen) atoms. The van der Waals surface area contributed by atoms with Gasteiger partial charge in [0.1, 0.15) is 16.8 Å². The highest BCUT2D eigenvalue weighted by atomic mass is 35.5. The Balaban J connectivity index is 1.30. The number of amides is 3. The molecule has 1 unspecified atom stereocenters. The smallest absolute Gasteiger partial charge is 0.257 e. The van der Waals surface area contributed by atoms with Crippen LogP contribution >= 0.6 is 22.9 Å². The minimum absolute atomic E-state index is 0.0588. The number of ether oxygens (including phenoxy) is 1. The number of thiazole rings is 1. The summed E-state index contributed by atoms with van der Waals surface area (Å²) in [5.74, 6) is -0.733. The van der Waals surface area contributed by atoms with Gasteiger partial charge in [-0.15, -0.1) is 11.3 Å². The standard InChI is InChI=1S/C33H26ClN3O4S/c1-20-10-15-27-29(16-20)42-31(35-27)21-11-13-24(14-12-21)37-30(38)18-28(33(37)40)36(19-23-6-3-4-9-26(23)34)32(39)22-7-5-8-25(17-22)41-2/h3-17,28H,18-19H2,1-2H3. The Morgan fingerprint density at radius 2 is 1.81 bits per heavy atom. The maximum atomic E-state index is 13.8. The van der Waals surface area contributed by atoms with Crippen molar-refractivity contribution in [1.82, 2.24) is 9.88 Å². The molecular weight excluding hydrogens is 570 g/mol. The first-order valence-corrected chi connectivity index (χ1v) is 14.5. The molecule has 1 fully saturated rings. The predicted octanol–water partition coefficient (Wildman–Crippen LogP) is 6.91. The molecule has 1 saturated heterocycles. The number of halogens is 1. The lowest BCUT2D eigenvalue weighted by atomic mass is 10.1. The second kappa shape index (κ2) is 11.4. The number of hydrogen-bond donors (Lipinski definition) is 0. The molecule has 4 aromatic carbocycles. The van der Waals surface area contributed by atoms with E-state index in [1.54, 1.807) is 65.9 Å². The molecule has 0 spiro atoms. The molecule has 1 aliphatic heterocycles. The van der Waals surface area contributed by atoms with E-state index >= 15 is 0 Å². The Labute approximate surface area is 251 Å². The van der Waals surface area contributed by atoms with E-state index in [4.69, 9.17) is 21.3 Å². The average molecular weight is 596 g/mol. The summed E-state index contributed by atoms with van der Waals surface area (Å²) in [4.78, 5) is 48.3. The first-order valence-electron chi connectivity index (χ1n) is 13.4. The summed E-state index contributed by atoms with van der Waals surface area (Å²) in [6, 6.07) is 26.2. The van der Waals surface area contributed by atoms with Gasteiger partial charge >= 0.3 is 0 Å². The van der Waals surface area contributed by atoms with Crippen LogP contribution in [-0.2, 0) is 16.1 Å². The maximum Gasteiger partial charge on any atom is 0.257 e. The summed E-state index contributed by atoms with van der Waals surface area (Å²) < 4.78 is 6.40. The third-order valence-corrected chi connectivity index (χ3v) is 8.73. The van der Waals surface area contributed by atoms with Gasteiger partial charge in [0, 0.05) is 22.7 Å². The van der Waals surface area contributed by atoms with Gasteiger partial charge in [-0.1, -0.05) is 41.9 Å². The van der Waals surface area contributed by atoms with Gasteiger partial charge in [0.15, 0.2) is 0 Å². The molecule has 3 amide bonds. The first-order chi connectivity index (χ1) is 20.3. The summed E-state index contributed by atoms with van der Waals surface area (Å²) >= 11 is 8.03. The SMILES string of the molecule is COc1cccc(C(=O)N(Cc2ccccc2Cl)C2CC(=O)N(c3ccc(-c4nc5ccc(C)cc5s4)cc3)C2=O)c1. The molecule has 0 saturated carbocycles. The van der Waals surface area contributed by atoms with E-state index in [1.807, 2.05) is 37.3 Å². The number of nitrogens with zero attached hydrogens (tertiary/aromatic N) is 3. The van der Waals surface area contributed by atoms with Crippen LogP contribution in [0.3, 0.4) is 0 Å². The van der Waals surface area contributed by atoms with Gasteiger partial charge in [-0.3, -0.25) is 14.4 Å². The van der Waals surface area contributed by atoms with Gasteiger partial charge in [0.25, 0.3) is 11.8 Å². The Bertz CT molecular complexity index is 1840. The summed E-state index contributed by atoms with van der Waals surface area (Å²) in [6.07, 6.45) is -0.141. The quantitative estimate of drug-likeness (QED) is 0.191. The number of methoxy groups -OCH3 is 1. The van der Waals surface area contributed by atoms with Crippen molar-refractivity contribution in [3.63, 3.8) is 0 Å². The van der Waals surface area contributed by atoms with Crippen LogP contribution in [0.4, 0.5) is 5.69 Å². The number of aryl methyl sites for hydroxylation is 1. The molecule has 9 heteroatoms. The van der Waals surface area contributed by atoms with Crippen molar-refractivity contribution in [3.8, 4) is 16.3 Å². The molecular formula is C33H26ClN3O4S. The molecule has 1 aromatic heterocycles. The van der Waals surface area contributed by atoms with E-state index in [-0.39, 0.29) is 18.9 Å². The van der Waals surface area contributed by atoms with E-state index in [0.29, 0.717) is 27.6 Å². The molecule has 0 N–H and O–H groups in total. The van der Waals surface area contributed by atoms with Crippen molar-refractivity contribution < 1.29 is 19.1 Å². The maximum absolute atomic E-state index is 13.8. The average Bonchev–Trinajstić information content (AvgIpc) is 3.56. The Morgan fingerprint density at radius 1 is 1.02 bits per heavy atom. The topological polar surface area (TPSA) is 79.8 Å². The van der Waals surface area contributed by atoms with Crippen molar-refractivity contribution in [1.29, 1.82) is 0 Å². The van der Waals surface area contributed by atoms with Crippen LogP contribution in [0.2, 0.25) is 5.02 Å². The number of benzene rings is 4. The number of anilines is 1. The van der Waals surface area contributed by atoms with E-state index in [2.05, 4.69) is 6.07 Å². The highest BCUT2D eigenvalue weighted by Gasteiger charge is 2.44. The fourth-order valence-electron chi connectivity index (χ4n) is 5.09. The minimum atomic E-state index is -1.00. The number of aromatic nitrogens is 1. The van der Waals surface area contributed by atoms with Crippen LogP contribution in [-0.4, -0.2) is 40.8 Å². The fourth-order valence-corrected chi connectivity index (χ4v) is 6.36. The molecule has 6 rings (SSSR count). The van der Waals surface area contributed by atoms with Gasteiger partial charge < -0.3 is 9.64 Å². The third kappa shape index (κ3) is 5.26. The summed E-state index contributed by atoms with van der Waals surface area (Å²) in [6.45, 7) is 2.11. The van der Waals surface area contributed by atoms with E-state index in [0.717, 1.165) is 25.7 Å². The summed E-state index contributed by atoms with van der Waals surface area (Å²) in [5, 5.41) is 1.32. The van der Waals surface area contributed by atoms with Crippen LogP contribution in [0.1, 0.15) is 27.9 Å². The zero-order valence-corrected chi connectivity index (χ0v) is 24.5. The summed E-state index contributed by atoms with van der Waals surface area (Å²) in [5.41, 5.74) is 4.44. The highest BCUT2D eigenvalue weighted by Crippen LogP contribution is 2.34. The lowest BCUT2D eigenvalue weighted by Gasteiger charge is -2.28. The number of rotatable bonds is 7. The zero-order valence-electron chi connectivity index (χ0n) is 22.9. The Hall–Kier alpha value is -4.53. The number of carbonyl (C=O) groups is 3. The molecule has 0 aliphatic carbocycles. The molecule has 210 valence electrons. The number of fused-ring (bicyclic) bond motifs is 1. The first kappa shape index (κ1) is 27.6. The van der Waals surface area contributed by atoms with Gasteiger partial charge in [-0.05, 0) is 78.7 Å². The van der Waals surface area contributed by atoms with Crippen LogP contribution in [0.25, 0.3) is 20.8 Å². The molecule has 2 heterocycles. The van der Waals surface area contributed by atoms with Crippen LogP contribution in [0, 0.1) is 6.92 Å². The van der Waals surface area contributed by atoms with Gasteiger partial charge in [0.05, 0.1) is 29.4 Å². The van der Waals surface area contributed by atoms with Crippen molar-refractivity contribution in [2.45, 2.75) is 25.9 Å². The van der Waals surface area contributed by atoms with E-state index in [1.165, 1.54) is 17.6 Å². The zero-order chi connectivity index (χ0) is 29.4. The van der Waals surface area contributed by atoms with Gasteiger partial charge in [-0.25, -0.2) is 9.88 Å². The largest absolute Gasteiger partial charge is 0.497 e. The van der Waals surface area contributed by atoms with Crippen LogP contribution in [0.15, 0.2) is 91.0 Å². The van der Waals surface area contributed by atoms with Crippen molar-refractivity contribution >= 4 is 56.6 Å². The van der Waals surface area contributed by atoms with E-state index in [9.17, 15) is 14.4 Å².